The summed E-state index contributed by atoms with van der Waals surface area (Å²) in [5, 5.41) is 2.83. The summed E-state index contributed by atoms with van der Waals surface area (Å²) < 4.78 is 11.0. The minimum Gasteiger partial charge on any atom is -0.424 e. The Bertz CT molecular complexity index is 642. The van der Waals surface area contributed by atoms with Crippen molar-refractivity contribution in [3.8, 4) is 11.8 Å². The number of ether oxygens (including phenoxy) is 2. The van der Waals surface area contributed by atoms with Gasteiger partial charge in [-0.15, -0.1) is 0 Å². The van der Waals surface area contributed by atoms with E-state index in [1.54, 1.807) is 49.6 Å². The van der Waals surface area contributed by atoms with E-state index < -0.39 is 6.10 Å². The molecule has 0 spiro atoms. The first-order valence-corrected chi connectivity index (χ1v) is 7.68. The summed E-state index contributed by atoms with van der Waals surface area (Å²) in [7, 11) is 0. The number of nitrogens with zero attached hydrogens (tertiary/aromatic N) is 2. The van der Waals surface area contributed by atoms with Crippen LogP contribution < -0.4 is 10.1 Å². The van der Waals surface area contributed by atoms with Crippen LogP contribution in [0.2, 0.25) is 0 Å². The number of benzene rings is 1. The highest BCUT2D eigenvalue weighted by atomic mass is 16.5. The highest BCUT2D eigenvalue weighted by Gasteiger charge is 2.24. The Kier molecular flexibility index (Phi) is 4.83. The Balaban J connectivity index is 1.51. The van der Waals surface area contributed by atoms with Gasteiger partial charge < -0.3 is 14.8 Å². The van der Waals surface area contributed by atoms with E-state index in [4.69, 9.17) is 9.47 Å². The van der Waals surface area contributed by atoms with Crippen LogP contribution in [0.5, 0.6) is 11.8 Å². The van der Waals surface area contributed by atoms with Gasteiger partial charge in [0.1, 0.15) is 11.9 Å². The van der Waals surface area contributed by atoms with Gasteiger partial charge in [-0.2, -0.15) is 0 Å². The quantitative estimate of drug-likeness (QED) is 0.850. The first kappa shape index (κ1) is 15.4. The molecule has 1 N–H and O–H groups in total. The first-order chi connectivity index (χ1) is 11.2. The van der Waals surface area contributed by atoms with E-state index in [-0.39, 0.29) is 11.9 Å². The summed E-state index contributed by atoms with van der Waals surface area (Å²) in [6.45, 7) is 2.43. The van der Waals surface area contributed by atoms with Gasteiger partial charge in [0.2, 0.25) is 0 Å². The molecule has 0 radical (unpaired) electrons. The van der Waals surface area contributed by atoms with Crippen LogP contribution in [0.1, 0.15) is 19.8 Å². The van der Waals surface area contributed by atoms with E-state index >= 15 is 0 Å². The van der Waals surface area contributed by atoms with Gasteiger partial charge in [0.15, 0.2) is 0 Å². The van der Waals surface area contributed by atoms with Crippen molar-refractivity contribution < 1.29 is 14.3 Å². The number of carbonyl (C=O) groups is 1. The number of aromatic nitrogens is 2. The van der Waals surface area contributed by atoms with Crippen molar-refractivity contribution in [3.05, 3.63) is 42.7 Å². The number of amides is 1. The molecule has 6 heteroatoms. The molecule has 2 aromatic rings. The van der Waals surface area contributed by atoms with Crippen LogP contribution >= 0.6 is 0 Å². The summed E-state index contributed by atoms with van der Waals surface area (Å²) in [5.41, 5.74) is 0.693. The van der Waals surface area contributed by atoms with Gasteiger partial charge in [0.25, 0.3) is 5.91 Å². The van der Waals surface area contributed by atoms with E-state index in [1.165, 1.54) is 12.8 Å². The fraction of sp³-hybridized carbons (Fsp3) is 0.353. The fourth-order valence-electron chi connectivity index (χ4n) is 1.93. The maximum Gasteiger partial charge on any atom is 0.321 e. The average Bonchev–Trinajstić information content (AvgIpc) is 3.40. The molecule has 1 unspecified atom stereocenters. The van der Waals surface area contributed by atoms with Crippen LogP contribution in [-0.4, -0.2) is 28.6 Å². The number of hydrogen-bond acceptors (Lipinski definition) is 5. The molecule has 1 saturated carbocycles. The number of anilines is 1. The molecule has 1 aliphatic rings. The zero-order chi connectivity index (χ0) is 16.1. The number of nitrogens with one attached hydrogen (secondary N) is 1. The summed E-state index contributed by atoms with van der Waals surface area (Å²) in [5.74, 6) is 1.10. The molecule has 0 bridgehead atoms. The maximum atomic E-state index is 12.0. The van der Waals surface area contributed by atoms with Crippen molar-refractivity contribution in [2.75, 3.05) is 11.9 Å². The molecule has 1 aromatic carbocycles. The van der Waals surface area contributed by atoms with E-state index in [0.29, 0.717) is 24.0 Å². The van der Waals surface area contributed by atoms with Gasteiger partial charge in [-0.3, -0.25) is 4.79 Å². The molecule has 120 valence electrons. The van der Waals surface area contributed by atoms with Gasteiger partial charge in [-0.25, -0.2) is 9.97 Å². The largest absolute Gasteiger partial charge is 0.424 e. The molecular formula is C17H19N3O3. The van der Waals surface area contributed by atoms with Crippen molar-refractivity contribution in [1.29, 1.82) is 0 Å². The second-order valence-electron chi connectivity index (χ2n) is 5.57. The summed E-state index contributed by atoms with van der Waals surface area (Å²) in [6.07, 6.45) is 5.19. The van der Waals surface area contributed by atoms with Crippen molar-refractivity contribution in [3.63, 3.8) is 0 Å². The first-order valence-electron chi connectivity index (χ1n) is 7.68. The molecule has 0 aliphatic heterocycles. The SMILES string of the molecule is CC(OCC1CC1)C(=O)Nc1ccc(Oc2ncccn2)cc1. The smallest absolute Gasteiger partial charge is 0.321 e. The lowest BCUT2D eigenvalue weighted by atomic mass is 10.3. The van der Waals surface area contributed by atoms with Crippen molar-refractivity contribution >= 4 is 11.6 Å². The van der Waals surface area contributed by atoms with Crippen molar-refractivity contribution in [2.24, 2.45) is 5.92 Å². The molecule has 1 aromatic heterocycles. The van der Waals surface area contributed by atoms with E-state index in [1.807, 2.05) is 0 Å². The monoisotopic (exact) mass is 313 g/mol. The molecule has 1 aliphatic carbocycles. The lowest BCUT2D eigenvalue weighted by Gasteiger charge is -2.13. The predicted octanol–water partition coefficient (Wildman–Crippen LogP) is 3.02. The van der Waals surface area contributed by atoms with E-state index in [9.17, 15) is 4.79 Å². The minimum absolute atomic E-state index is 0.147. The lowest BCUT2D eigenvalue weighted by molar-refractivity contribution is -0.126. The maximum absolute atomic E-state index is 12.0. The normalized spacial score (nSPS) is 15.0. The van der Waals surface area contributed by atoms with Crippen molar-refractivity contribution in [1.82, 2.24) is 9.97 Å². The standard InChI is InChI=1S/C17H19N3O3/c1-12(22-11-13-3-4-13)16(21)20-14-5-7-15(8-6-14)23-17-18-9-2-10-19-17/h2,5-10,12-13H,3-4,11H2,1H3,(H,20,21). The van der Waals surface area contributed by atoms with Crippen LogP contribution in [-0.2, 0) is 9.53 Å². The Morgan fingerprint density at radius 2 is 1.96 bits per heavy atom. The molecule has 1 heterocycles. The number of rotatable bonds is 7. The Labute approximate surface area is 134 Å². The molecule has 0 saturated heterocycles. The molecule has 6 nitrogen and oxygen atoms in total. The summed E-state index contributed by atoms with van der Waals surface area (Å²) >= 11 is 0. The van der Waals surface area contributed by atoms with Gasteiger partial charge in [0, 0.05) is 18.1 Å². The molecular weight excluding hydrogens is 294 g/mol. The zero-order valence-corrected chi connectivity index (χ0v) is 12.9. The van der Waals surface area contributed by atoms with Gasteiger partial charge in [-0.1, -0.05) is 0 Å². The lowest BCUT2D eigenvalue weighted by Crippen LogP contribution is -2.28. The van der Waals surface area contributed by atoms with Crippen LogP contribution in [0.4, 0.5) is 5.69 Å². The van der Waals surface area contributed by atoms with Crippen molar-refractivity contribution in [2.45, 2.75) is 25.9 Å². The highest BCUT2D eigenvalue weighted by molar-refractivity contribution is 5.93. The third-order valence-corrected chi connectivity index (χ3v) is 3.52. The van der Waals surface area contributed by atoms with Crippen LogP contribution in [0, 0.1) is 5.92 Å². The van der Waals surface area contributed by atoms with Crippen LogP contribution in [0.3, 0.4) is 0 Å². The van der Waals surface area contributed by atoms with Crippen LogP contribution in [0.15, 0.2) is 42.7 Å². The fourth-order valence-corrected chi connectivity index (χ4v) is 1.93. The topological polar surface area (TPSA) is 73.3 Å². The highest BCUT2D eigenvalue weighted by Crippen LogP contribution is 2.29. The molecule has 1 amide bonds. The number of hydrogen-bond donors (Lipinski definition) is 1. The minimum atomic E-state index is -0.454. The second-order valence-corrected chi connectivity index (χ2v) is 5.57. The average molecular weight is 313 g/mol. The zero-order valence-electron chi connectivity index (χ0n) is 12.9. The van der Waals surface area contributed by atoms with E-state index in [2.05, 4.69) is 15.3 Å². The molecule has 1 atom stereocenters. The van der Waals surface area contributed by atoms with Gasteiger partial charge >= 0.3 is 6.01 Å². The molecule has 3 rings (SSSR count). The number of carbonyl (C=O) groups excluding carboxylic acids is 1. The van der Waals surface area contributed by atoms with Gasteiger partial charge in [-0.05, 0) is 56.0 Å². The predicted molar refractivity (Wildman–Crippen MR) is 85.3 cm³/mol. The molecule has 23 heavy (non-hydrogen) atoms. The third kappa shape index (κ3) is 4.75. The Hall–Kier alpha value is -2.47. The van der Waals surface area contributed by atoms with Gasteiger partial charge in [0.05, 0.1) is 6.61 Å². The Morgan fingerprint density at radius 3 is 2.61 bits per heavy atom. The van der Waals surface area contributed by atoms with E-state index in [0.717, 1.165) is 0 Å². The Morgan fingerprint density at radius 1 is 1.26 bits per heavy atom. The third-order valence-electron chi connectivity index (χ3n) is 3.52. The summed E-state index contributed by atoms with van der Waals surface area (Å²) in [4.78, 5) is 20.0. The second kappa shape index (κ2) is 7.19. The van der Waals surface area contributed by atoms with Crippen LogP contribution in [0.25, 0.3) is 0 Å². The summed E-state index contributed by atoms with van der Waals surface area (Å²) in [6, 6.07) is 9.04. The molecule has 1 fully saturated rings.